The zero-order valence-corrected chi connectivity index (χ0v) is 9.82. The number of nitriles is 1. The van der Waals surface area contributed by atoms with E-state index in [1.807, 2.05) is 4.72 Å². The highest BCUT2D eigenvalue weighted by molar-refractivity contribution is 7.90. The van der Waals surface area contributed by atoms with E-state index in [2.05, 4.69) is 4.74 Å². The van der Waals surface area contributed by atoms with Gasteiger partial charge in [-0.2, -0.15) is 9.98 Å². The van der Waals surface area contributed by atoms with Crippen LogP contribution in [0.4, 0.5) is 0 Å². The molecule has 7 nitrogen and oxygen atoms in total. The average molecular weight is 250 g/mol. The number of aliphatic hydroxyl groups excluding tert-OH is 1. The van der Waals surface area contributed by atoms with Gasteiger partial charge in [0.05, 0.1) is 19.8 Å². The van der Waals surface area contributed by atoms with Crippen molar-refractivity contribution in [2.24, 2.45) is 0 Å². The van der Waals surface area contributed by atoms with Crippen LogP contribution in [0.15, 0.2) is 0 Å². The molecule has 0 amide bonds. The summed E-state index contributed by atoms with van der Waals surface area (Å²) in [6.07, 6.45) is 0.0884. The molecule has 0 aromatic carbocycles. The van der Waals surface area contributed by atoms with Crippen molar-refractivity contribution < 1.29 is 23.1 Å². The first kappa shape index (κ1) is 14.8. The number of hydrogen-bond acceptors (Lipinski definition) is 6. The van der Waals surface area contributed by atoms with Crippen LogP contribution >= 0.6 is 0 Å². The Hall–Kier alpha value is -1.17. The Balaban J connectivity index is 4.82. The fraction of sp³-hybridized carbons (Fsp3) is 0.750. The number of esters is 1. The molecule has 0 aromatic heterocycles. The maximum atomic E-state index is 11.5. The quantitative estimate of drug-likeness (QED) is 0.568. The summed E-state index contributed by atoms with van der Waals surface area (Å²) in [4.78, 5) is 11.0. The smallest absolute Gasteiger partial charge is 0.326 e. The van der Waals surface area contributed by atoms with E-state index < -0.39 is 33.9 Å². The summed E-state index contributed by atoms with van der Waals surface area (Å²) in [5.41, 5.74) is 0. The molecule has 0 aliphatic heterocycles. The van der Waals surface area contributed by atoms with Gasteiger partial charge in [-0.15, -0.1) is 0 Å². The van der Waals surface area contributed by atoms with Crippen molar-refractivity contribution in [3.8, 4) is 6.07 Å². The van der Waals surface area contributed by atoms with Gasteiger partial charge in [-0.3, -0.25) is 4.79 Å². The number of aliphatic hydroxyl groups is 1. The van der Waals surface area contributed by atoms with Gasteiger partial charge in [-0.25, -0.2) is 8.42 Å². The summed E-state index contributed by atoms with van der Waals surface area (Å²) in [6.45, 7) is 0.799. The summed E-state index contributed by atoms with van der Waals surface area (Å²) >= 11 is 0. The lowest BCUT2D eigenvalue weighted by Crippen LogP contribution is -2.47. The number of nitrogens with zero attached hydrogens (tertiary/aromatic N) is 1. The molecule has 2 unspecified atom stereocenters. The first-order valence-corrected chi connectivity index (χ1v) is 6.07. The largest absolute Gasteiger partial charge is 0.468 e. The highest BCUT2D eigenvalue weighted by atomic mass is 32.2. The minimum atomic E-state index is -3.96. The molecule has 0 heterocycles. The van der Waals surface area contributed by atoms with Crippen LogP contribution in [0, 0.1) is 11.3 Å². The van der Waals surface area contributed by atoms with E-state index in [1.165, 1.54) is 6.92 Å². The fourth-order valence-electron chi connectivity index (χ4n) is 0.963. The molecule has 8 heteroatoms. The van der Waals surface area contributed by atoms with Crippen molar-refractivity contribution in [3.63, 3.8) is 0 Å². The second kappa shape index (κ2) is 6.42. The number of rotatable bonds is 6. The zero-order chi connectivity index (χ0) is 12.8. The number of hydrogen-bond donors (Lipinski definition) is 2. The van der Waals surface area contributed by atoms with Crippen molar-refractivity contribution >= 4 is 16.0 Å². The summed E-state index contributed by atoms with van der Waals surface area (Å²) in [6, 6.07) is 0.217. The van der Waals surface area contributed by atoms with E-state index in [1.54, 1.807) is 6.07 Å². The van der Waals surface area contributed by atoms with Gasteiger partial charge in [0.2, 0.25) is 10.0 Å². The van der Waals surface area contributed by atoms with Gasteiger partial charge in [0, 0.05) is 0 Å². The SMILES string of the molecule is CCC(C#N)S(=O)(=O)NC(CO)C(=O)OC. The van der Waals surface area contributed by atoms with Gasteiger partial charge in [0.1, 0.15) is 6.04 Å². The zero-order valence-electron chi connectivity index (χ0n) is 9.00. The molecule has 0 aliphatic carbocycles. The Bertz CT molecular complexity index is 372. The molecule has 0 spiro atoms. The maximum Gasteiger partial charge on any atom is 0.326 e. The molecule has 92 valence electrons. The molecule has 0 fully saturated rings. The standard InChI is InChI=1S/C8H14N2O5S/c1-3-6(4-9)16(13,14)10-7(5-11)8(12)15-2/h6-7,10-11H,3,5H2,1-2H3. The Morgan fingerprint density at radius 1 is 1.62 bits per heavy atom. The maximum absolute atomic E-state index is 11.5. The lowest BCUT2D eigenvalue weighted by Gasteiger charge is -2.15. The Labute approximate surface area is 94.1 Å². The van der Waals surface area contributed by atoms with E-state index in [0.29, 0.717) is 0 Å². The van der Waals surface area contributed by atoms with Crippen LogP contribution in [0.3, 0.4) is 0 Å². The van der Waals surface area contributed by atoms with Gasteiger partial charge in [-0.05, 0) is 6.42 Å². The molecule has 0 aliphatic rings. The minimum Gasteiger partial charge on any atom is -0.468 e. The number of carbonyl (C=O) groups is 1. The van der Waals surface area contributed by atoms with Crippen LogP contribution in [-0.4, -0.2) is 44.5 Å². The molecule has 0 saturated carbocycles. The summed E-state index contributed by atoms with van der Waals surface area (Å²) < 4.78 is 29.3. The van der Waals surface area contributed by atoms with Crippen LogP contribution < -0.4 is 4.72 Å². The van der Waals surface area contributed by atoms with Crippen molar-refractivity contribution in [2.75, 3.05) is 13.7 Å². The monoisotopic (exact) mass is 250 g/mol. The Kier molecular flexibility index (Phi) is 5.95. The van der Waals surface area contributed by atoms with Crippen molar-refractivity contribution in [1.29, 1.82) is 5.26 Å². The predicted molar refractivity (Wildman–Crippen MR) is 54.6 cm³/mol. The van der Waals surface area contributed by atoms with E-state index in [0.717, 1.165) is 7.11 Å². The van der Waals surface area contributed by atoms with Crippen molar-refractivity contribution in [3.05, 3.63) is 0 Å². The van der Waals surface area contributed by atoms with Gasteiger partial charge >= 0.3 is 5.97 Å². The first-order valence-electron chi connectivity index (χ1n) is 4.52. The van der Waals surface area contributed by atoms with E-state index in [4.69, 9.17) is 10.4 Å². The first-order chi connectivity index (χ1) is 7.42. The number of methoxy groups -OCH3 is 1. The molecule has 2 N–H and O–H groups in total. The van der Waals surface area contributed by atoms with Crippen molar-refractivity contribution in [2.45, 2.75) is 24.6 Å². The normalized spacial score (nSPS) is 14.9. The fourth-order valence-corrected chi connectivity index (χ4v) is 2.27. The van der Waals surface area contributed by atoms with Crippen LogP contribution in [0.1, 0.15) is 13.3 Å². The van der Waals surface area contributed by atoms with Crippen LogP contribution in [0.2, 0.25) is 0 Å². The highest BCUT2D eigenvalue weighted by Crippen LogP contribution is 2.04. The topological polar surface area (TPSA) is 116 Å². The molecule has 0 radical (unpaired) electrons. The van der Waals surface area contributed by atoms with Crippen molar-refractivity contribution in [1.82, 2.24) is 4.72 Å². The predicted octanol–water partition coefficient (Wildman–Crippen LogP) is -1.26. The van der Waals surface area contributed by atoms with E-state index >= 15 is 0 Å². The molecule has 0 saturated heterocycles. The number of sulfonamides is 1. The molecule has 2 atom stereocenters. The second-order valence-corrected chi connectivity index (χ2v) is 4.84. The van der Waals surface area contributed by atoms with Gasteiger partial charge < -0.3 is 9.84 Å². The molecular formula is C8H14N2O5S. The van der Waals surface area contributed by atoms with E-state index in [-0.39, 0.29) is 6.42 Å². The van der Waals surface area contributed by atoms with Gasteiger partial charge in [-0.1, -0.05) is 6.92 Å². The third kappa shape index (κ3) is 3.77. The average Bonchev–Trinajstić information content (AvgIpc) is 2.26. The van der Waals surface area contributed by atoms with Crippen LogP contribution in [-0.2, 0) is 19.6 Å². The summed E-state index contributed by atoms with van der Waals surface area (Å²) in [5.74, 6) is -0.904. The van der Waals surface area contributed by atoms with Crippen LogP contribution in [0.5, 0.6) is 0 Å². The Morgan fingerprint density at radius 2 is 2.19 bits per heavy atom. The lowest BCUT2D eigenvalue weighted by atomic mass is 10.3. The number of nitrogens with one attached hydrogen (secondary N) is 1. The summed E-state index contributed by atoms with van der Waals surface area (Å²) in [5, 5.41) is 16.1. The highest BCUT2D eigenvalue weighted by Gasteiger charge is 2.30. The molecule has 0 bridgehead atoms. The third-order valence-electron chi connectivity index (χ3n) is 1.86. The third-order valence-corrected chi connectivity index (χ3v) is 3.67. The number of ether oxygens (including phenoxy) is 1. The molecule has 0 rings (SSSR count). The van der Waals surface area contributed by atoms with E-state index in [9.17, 15) is 13.2 Å². The van der Waals surface area contributed by atoms with Gasteiger partial charge in [0.15, 0.2) is 5.25 Å². The molecule has 16 heavy (non-hydrogen) atoms. The second-order valence-electron chi connectivity index (χ2n) is 2.95. The lowest BCUT2D eigenvalue weighted by molar-refractivity contribution is -0.143. The molecular weight excluding hydrogens is 236 g/mol. The minimum absolute atomic E-state index is 0.0884. The Morgan fingerprint density at radius 3 is 2.50 bits per heavy atom. The van der Waals surface area contributed by atoms with Gasteiger partial charge in [0.25, 0.3) is 0 Å². The number of carbonyl (C=O) groups excluding carboxylic acids is 1. The van der Waals surface area contributed by atoms with Crippen LogP contribution in [0.25, 0.3) is 0 Å². The molecule has 0 aromatic rings. The summed E-state index contributed by atoms with van der Waals surface area (Å²) in [7, 11) is -2.89.